The summed E-state index contributed by atoms with van der Waals surface area (Å²) in [5.41, 5.74) is 4.18. The van der Waals surface area contributed by atoms with Crippen LogP contribution in [0.5, 0.6) is 5.75 Å². The van der Waals surface area contributed by atoms with Crippen LogP contribution < -0.4 is 15.5 Å². The predicted octanol–water partition coefficient (Wildman–Crippen LogP) is 4.54. The first-order valence-electron chi connectivity index (χ1n) is 11.9. The fraction of sp³-hybridized carbons (Fsp3) is 0.250. The number of anilines is 1. The molecule has 0 fully saturated rings. The number of aromatic nitrogens is 1. The van der Waals surface area contributed by atoms with Crippen LogP contribution in [0.15, 0.2) is 69.3 Å². The van der Waals surface area contributed by atoms with Gasteiger partial charge >= 0.3 is 0 Å². The number of fused-ring (bicyclic) bond motifs is 1. The molecule has 0 saturated heterocycles. The van der Waals surface area contributed by atoms with Crippen LogP contribution in [-0.2, 0) is 9.59 Å². The van der Waals surface area contributed by atoms with Gasteiger partial charge in [-0.3, -0.25) is 19.3 Å². The summed E-state index contributed by atoms with van der Waals surface area (Å²) in [5.74, 6) is -0.935. The fourth-order valence-corrected chi connectivity index (χ4v) is 5.43. The van der Waals surface area contributed by atoms with Crippen molar-refractivity contribution in [2.75, 3.05) is 19.0 Å². The van der Waals surface area contributed by atoms with Crippen molar-refractivity contribution in [3.8, 4) is 5.75 Å². The summed E-state index contributed by atoms with van der Waals surface area (Å²) < 4.78 is 13.4. The Morgan fingerprint density at radius 1 is 1.17 bits per heavy atom. The van der Waals surface area contributed by atoms with Crippen LogP contribution in [0.3, 0.4) is 0 Å². The van der Waals surface area contributed by atoms with Gasteiger partial charge in [0.15, 0.2) is 5.43 Å². The number of benzene rings is 2. The van der Waals surface area contributed by atoms with E-state index in [-0.39, 0.29) is 23.9 Å². The van der Waals surface area contributed by atoms with E-state index < -0.39 is 11.8 Å². The predicted molar refractivity (Wildman–Crippen MR) is 136 cm³/mol. The van der Waals surface area contributed by atoms with Crippen LogP contribution in [-0.4, -0.2) is 34.9 Å². The molecular weight excluding hydrogens is 458 g/mol. The highest BCUT2D eigenvalue weighted by Crippen LogP contribution is 2.46. The number of carbonyl (C=O) groups excluding carboxylic acids is 2. The zero-order chi connectivity index (χ0) is 25.3. The zero-order valence-electron chi connectivity index (χ0n) is 20.4. The SMILES string of the molecule is COc1ccc2occ([C@H]3C4=C(CN(C(C)=O)C4=O)Nc4cccc5c4c3cn5C(C)C)c(=O)c2c1. The summed E-state index contributed by atoms with van der Waals surface area (Å²) in [4.78, 5) is 41.1. The summed E-state index contributed by atoms with van der Waals surface area (Å²) in [6.45, 7) is 5.67. The van der Waals surface area contributed by atoms with Crippen LogP contribution in [0, 0.1) is 0 Å². The number of hydrogen-bond acceptors (Lipinski definition) is 6. The minimum absolute atomic E-state index is 0.123. The van der Waals surface area contributed by atoms with Gasteiger partial charge in [0.05, 0.1) is 42.3 Å². The highest BCUT2D eigenvalue weighted by molar-refractivity contribution is 6.11. The van der Waals surface area contributed by atoms with Crippen molar-refractivity contribution < 1.29 is 18.7 Å². The molecule has 4 aromatic rings. The number of carbonyl (C=O) groups is 2. The maximum Gasteiger partial charge on any atom is 0.259 e. The number of methoxy groups -OCH3 is 1. The Bertz CT molecular complexity index is 1690. The number of amides is 2. The van der Waals surface area contributed by atoms with Gasteiger partial charge in [-0.15, -0.1) is 0 Å². The molecule has 0 unspecified atom stereocenters. The average Bonchev–Trinajstić information content (AvgIpc) is 3.36. The number of hydrogen-bond donors (Lipinski definition) is 1. The van der Waals surface area contributed by atoms with Crippen LogP contribution in [0.4, 0.5) is 5.69 Å². The fourth-order valence-electron chi connectivity index (χ4n) is 5.43. The second-order valence-corrected chi connectivity index (χ2v) is 9.53. The minimum atomic E-state index is -0.720. The molecule has 0 radical (unpaired) electrons. The van der Waals surface area contributed by atoms with Crippen molar-refractivity contribution in [2.45, 2.75) is 32.7 Å². The van der Waals surface area contributed by atoms with Gasteiger partial charge in [0.25, 0.3) is 5.91 Å². The smallest absolute Gasteiger partial charge is 0.259 e. The van der Waals surface area contributed by atoms with Crippen LogP contribution in [0.2, 0.25) is 0 Å². The third kappa shape index (κ3) is 3.03. The Balaban J connectivity index is 1.69. The quantitative estimate of drug-likeness (QED) is 0.460. The maximum atomic E-state index is 13.9. The first kappa shape index (κ1) is 22.2. The van der Waals surface area contributed by atoms with Crippen LogP contribution in [0.25, 0.3) is 21.9 Å². The van der Waals surface area contributed by atoms with Crippen LogP contribution >= 0.6 is 0 Å². The molecule has 2 aliphatic heterocycles. The van der Waals surface area contributed by atoms with Gasteiger partial charge in [-0.25, -0.2) is 0 Å². The number of imide groups is 1. The molecule has 1 N–H and O–H groups in total. The molecule has 4 heterocycles. The third-order valence-electron chi connectivity index (χ3n) is 7.14. The first-order valence-corrected chi connectivity index (χ1v) is 11.9. The van der Waals surface area contributed by atoms with Gasteiger partial charge in [-0.05, 0) is 49.7 Å². The molecular formula is C28H25N3O5. The molecule has 8 nitrogen and oxygen atoms in total. The van der Waals surface area contributed by atoms with E-state index in [2.05, 4.69) is 23.7 Å². The van der Waals surface area contributed by atoms with E-state index in [1.165, 1.54) is 25.2 Å². The molecule has 36 heavy (non-hydrogen) atoms. The van der Waals surface area contributed by atoms with E-state index in [1.54, 1.807) is 18.2 Å². The number of nitrogens with one attached hydrogen (secondary N) is 1. The van der Waals surface area contributed by atoms with Crippen molar-refractivity contribution in [1.82, 2.24) is 9.47 Å². The van der Waals surface area contributed by atoms with E-state index >= 15 is 0 Å². The molecule has 2 amide bonds. The first-order chi connectivity index (χ1) is 17.3. The Morgan fingerprint density at radius 2 is 1.97 bits per heavy atom. The lowest BCUT2D eigenvalue weighted by Crippen LogP contribution is -2.33. The highest BCUT2D eigenvalue weighted by Gasteiger charge is 2.42. The standard InChI is InChI=1S/C28H25N3O5/c1-14(2)30-11-18-24(19-13-36-23-9-8-16(35-4)10-17(23)27(19)33)26-21(12-31(15(3)32)28(26)34)29-20-6-5-7-22(30)25(18)20/h5-11,13-14,24,29H,12H2,1-4H3/t24-/m0/s1. The number of nitrogens with zero attached hydrogens (tertiary/aromatic N) is 2. The normalized spacial score (nSPS) is 17.1. The summed E-state index contributed by atoms with van der Waals surface area (Å²) in [7, 11) is 1.54. The number of ether oxygens (including phenoxy) is 1. The summed E-state index contributed by atoms with van der Waals surface area (Å²) >= 11 is 0. The van der Waals surface area contributed by atoms with Gasteiger partial charge in [-0.1, -0.05) is 6.07 Å². The van der Waals surface area contributed by atoms with Gasteiger partial charge in [0, 0.05) is 41.5 Å². The van der Waals surface area contributed by atoms with Crippen LogP contribution in [0.1, 0.15) is 43.9 Å². The molecule has 182 valence electrons. The van der Waals surface area contributed by atoms with Gasteiger partial charge < -0.3 is 19.0 Å². The molecule has 0 bridgehead atoms. The summed E-state index contributed by atoms with van der Waals surface area (Å²) in [6.07, 6.45) is 3.46. The molecule has 6 rings (SSSR count). The van der Waals surface area contributed by atoms with E-state index in [0.717, 1.165) is 22.2 Å². The van der Waals surface area contributed by atoms with E-state index in [4.69, 9.17) is 9.15 Å². The lowest BCUT2D eigenvalue weighted by atomic mass is 9.84. The molecule has 8 heteroatoms. The Kier molecular flexibility index (Phi) is 4.83. The molecule has 0 spiro atoms. The zero-order valence-corrected chi connectivity index (χ0v) is 20.4. The summed E-state index contributed by atoms with van der Waals surface area (Å²) in [5, 5.41) is 4.74. The number of rotatable bonds is 3. The molecule has 2 aliphatic rings. The van der Waals surface area contributed by atoms with Crippen molar-refractivity contribution in [1.29, 1.82) is 0 Å². The second-order valence-electron chi connectivity index (χ2n) is 9.53. The van der Waals surface area contributed by atoms with Crippen molar-refractivity contribution >= 4 is 39.4 Å². The van der Waals surface area contributed by atoms with Crippen molar-refractivity contribution in [3.63, 3.8) is 0 Å². The van der Waals surface area contributed by atoms with Gasteiger partial charge in [0.2, 0.25) is 5.91 Å². The molecule has 1 atom stereocenters. The largest absolute Gasteiger partial charge is 0.497 e. The lowest BCUT2D eigenvalue weighted by molar-refractivity contribution is -0.139. The van der Waals surface area contributed by atoms with Crippen molar-refractivity contribution in [3.05, 3.63) is 81.5 Å². The Labute approximate surface area is 206 Å². The summed E-state index contributed by atoms with van der Waals surface area (Å²) in [6, 6.07) is 11.2. The Hall–Kier alpha value is -4.33. The molecule has 2 aromatic carbocycles. The van der Waals surface area contributed by atoms with E-state index in [9.17, 15) is 14.4 Å². The van der Waals surface area contributed by atoms with Gasteiger partial charge in [0.1, 0.15) is 11.3 Å². The van der Waals surface area contributed by atoms with E-state index in [0.29, 0.717) is 33.6 Å². The van der Waals surface area contributed by atoms with E-state index in [1.807, 2.05) is 24.4 Å². The second kappa shape index (κ2) is 7.84. The minimum Gasteiger partial charge on any atom is -0.497 e. The highest BCUT2D eigenvalue weighted by atomic mass is 16.5. The molecule has 0 aliphatic carbocycles. The maximum absolute atomic E-state index is 13.9. The topological polar surface area (TPSA) is 93.8 Å². The lowest BCUT2D eigenvalue weighted by Gasteiger charge is -2.19. The monoisotopic (exact) mass is 483 g/mol. The van der Waals surface area contributed by atoms with Gasteiger partial charge in [-0.2, -0.15) is 0 Å². The van der Waals surface area contributed by atoms with Crippen molar-refractivity contribution in [2.24, 2.45) is 0 Å². The molecule has 2 aromatic heterocycles. The molecule has 0 saturated carbocycles. The Morgan fingerprint density at radius 3 is 2.69 bits per heavy atom. The third-order valence-corrected chi connectivity index (χ3v) is 7.14. The average molecular weight is 484 g/mol.